The molecular formula is C31H36F6N4O3. The first-order chi connectivity index (χ1) is 20.7. The van der Waals surface area contributed by atoms with E-state index in [2.05, 4.69) is 4.98 Å². The minimum absolute atomic E-state index is 0.0673. The molecule has 7 nitrogen and oxygen atoms in total. The van der Waals surface area contributed by atoms with Crippen molar-refractivity contribution in [1.29, 1.82) is 0 Å². The second kappa shape index (κ2) is 13.6. The van der Waals surface area contributed by atoms with Crippen LogP contribution in [0.1, 0.15) is 59.7 Å². The van der Waals surface area contributed by atoms with Gasteiger partial charge in [-0.15, -0.1) is 0 Å². The Labute approximate surface area is 251 Å². The van der Waals surface area contributed by atoms with E-state index in [0.717, 1.165) is 28.2 Å². The largest absolute Gasteiger partial charge is 0.418 e. The highest BCUT2D eigenvalue weighted by molar-refractivity contribution is 5.77. The molecular weight excluding hydrogens is 590 g/mol. The summed E-state index contributed by atoms with van der Waals surface area (Å²) in [5.41, 5.74) is 4.40. The average Bonchev–Trinajstić information content (AvgIpc) is 3.27. The van der Waals surface area contributed by atoms with Gasteiger partial charge in [0.25, 0.3) is 0 Å². The molecule has 3 heterocycles. The van der Waals surface area contributed by atoms with Gasteiger partial charge >= 0.3 is 12.4 Å². The van der Waals surface area contributed by atoms with E-state index in [4.69, 9.17) is 10.5 Å². The lowest BCUT2D eigenvalue weighted by Crippen LogP contribution is -2.42. The quantitative estimate of drug-likeness (QED) is 0.217. The number of alkyl halides is 6. The Bertz CT molecular complexity index is 1470. The van der Waals surface area contributed by atoms with Crippen LogP contribution < -0.4 is 11.3 Å². The Kier molecular flexibility index (Phi) is 10.3. The summed E-state index contributed by atoms with van der Waals surface area (Å²) in [6, 6.07) is 9.99. The number of pyridine rings is 1. The topological polar surface area (TPSA) is 93.3 Å². The van der Waals surface area contributed by atoms with Crippen LogP contribution in [0.15, 0.2) is 47.4 Å². The molecule has 0 unspecified atom stereocenters. The number of piperidine rings is 1. The van der Waals surface area contributed by atoms with Crippen LogP contribution in [-0.4, -0.2) is 53.2 Å². The maximum Gasteiger partial charge on any atom is 0.418 e. The fourth-order valence-corrected chi connectivity index (χ4v) is 6.05. The van der Waals surface area contributed by atoms with Gasteiger partial charge in [-0.2, -0.15) is 26.3 Å². The van der Waals surface area contributed by atoms with Crippen LogP contribution in [0.4, 0.5) is 26.3 Å². The van der Waals surface area contributed by atoms with E-state index in [1.54, 1.807) is 12.3 Å². The summed E-state index contributed by atoms with van der Waals surface area (Å²) in [5.74, 6) is -1.29. The molecule has 1 aliphatic rings. The fourth-order valence-electron chi connectivity index (χ4n) is 6.05. The minimum Gasteiger partial charge on any atom is -0.385 e. The zero-order valence-corrected chi connectivity index (χ0v) is 24.5. The summed E-state index contributed by atoms with van der Waals surface area (Å²) in [6.45, 7) is 1.31. The number of halogens is 6. The van der Waals surface area contributed by atoms with Crippen LogP contribution in [0.25, 0.3) is 11.1 Å². The number of rotatable bonds is 10. The number of H-pyrrole nitrogens is 1. The lowest BCUT2D eigenvalue weighted by Gasteiger charge is -2.35. The normalized spacial score (nSPS) is 16.8. The highest BCUT2D eigenvalue weighted by Crippen LogP contribution is 2.48. The van der Waals surface area contributed by atoms with Crippen molar-refractivity contribution in [2.24, 2.45) is 5.73 Å². The molecule has 3 N–H and O–H groups in total. The van der Waals surface area contributed by atoms with Gasteiger partial charge in [-0.05, 0) is 55.4 Å². The fraction of sp³-hybridized carbons (Fsp3) is 0.484. The molecule has 3 aromatic rings. The van der Waals surface area contributed by atoms with Gasteiger partial charge < -0.3 is 24.9 Å². The van der Waals surface area contributed by atoms with Crippen molar-refractivity contribution in [1.82, 2.24) is 14.5 Å². The zero-order valence-electron chi connectivity index (χ0n) is 24.5. The minimum atomic E-state index is -5.24. The number of nitrogens with two attached hydrogens (primary N) is 1. The van der Waals surface area contributed by atoms with Gasteiger partial charge in [-0.3, -0.25) is 9.59 Å². The molecule has 2 aromatic heterocycles. The Balaban J connectivity index is 1.50. The number of aromatic nitrogens is 2. The molecule has 0 spiro atoms. The van der Waals surface area contributed by atoms with Gasteiger partial charge in [0.1, 0.15) is 0 Å². The van der Waals surface area contributed by atoms with E-state index in [1.165, 1.54) is 18.1 Å². The van der Waals surface area contributed by atoms with Crippen molar-refractivity contribution < 1.29 is 35.9 Å². The molecule has 1 saturated heterocycles. The number of hydrogen-bond acceptors (Lipinski definition) is 4. The molecule has 1 aromatic carbocycles. The monoisotopic (exact) mass is 626 g/mol. The second-order valence-electron chi connectivity index (χ2n) is 11.2. The number of hydrogen-bond donors (Lipinski definition) is 2. The third kappa shape index (κ3) is 7.73. The molecule has 1 fully saturated rings. The molecule has 0 saturated carbocycles. The predicted molar refractivity (Wildman–Crippen MR) is 153 cm³/mol. The molecule has 44 heavy (non-hydrogen) atoms. The summed E-state index contributed by atoms with van der Waals surface area (Å²) in [4.78, 5) is 28.6. The lowest BCUT2D eigenvalue weighted by atomic mass is 9.90. The van der Waals surface area contributed by atoms with Gasteiger partial charge in [-0.25, -0.2) is 0 Å². The van der Waals surface area contributed by atoms with E-state index >= 15 is 0 Å². The van der Waals surface area contributed by atoms with E-state index in [0.29, 0.717) is 12.8 Å². The first-order valence-electron chi connectivity index (χ1n) is 14.4. The van der Waals surface area contributed by atoms with Gasteiger partial charge in [0.15, 0.2) is 0 Å². The predicted octanol–water partition coefficient (Wildman–Crippen LogP) is 5.89. The number of nitrogens with zero attached hydrogens (tertiary/aromatic N) is 2. The third-order valence-corrected chi connectivity index (χ3v) is 8.03. The van der Waals surface area contributed by atoms with Crippen LogP contribution in [0.2, 0.25) is 0 Å². The van der Waals surface area contributed by atoms with Crippen LogP contribution >= 0.6 is 0 Å². The molecule has 1 amide bonds. The van der Waals surface area contributed by atoms with Crippen LogP contribution in [0, 0.1) is 6.92 Å². The van der Waals surface area contributed by atoms with Crippen LogP contribution in [-0.2, 0) is 34.8 Å². The van der Waals surface area contributed by atoms with Gasteiger partial charge in [-0.1, -0.05) is 24.3 Å². The molecule has 4 rings (SSSR count). The number of carbonyl (C=O) groups excluding carboxylic acids is 1. The van der Waals surface area contributed by atoms with Crippen molar-refractivity contribution in [3.8, 4) is 11.1 Å². The number of methoxy groups -OCH3 is 1. The second-order valence-corrected chi connectivity index (χ2v) is 11.2. The molecule has 0 bridgehead atoms. The van der Waals surface area contributed by atoms with Gasteiger partial charge in [0.2, 0.25) is 11.5 Å². The van der Waals surface area contributed by atoms with Crippen molar-refractivity contribution in [2.45, 2.75) is 69.9 Å². The number of carbonyl (C=O) groups is 1. The van der Waals surface area contributed by atoms with E-state index in [9.17, 15) is 35.9 Å². The maximum absolute atomic E-state index is 14.3. The van der Waals surface area contributed by atoms with E-state index in [1.807, 2.05) is 24.3 Å². The Morgan fingerprint density at radius 1 is 1.05 bits per heavy atom. The highest BCUT2D eigenvalue weighted by Gasteiger charge is 2.50. The highest BCUT2D eigenvalue weighted by atomic mass is 19.4. The SMILES string of the molecule is COCCCn1c(C)c(C(F)(F)F)c(C(F)(F)F)c1[C@@H]1CCCN(C(=O)C[C@H](N)Cc2ccc(-c3ccc(=O)[nH]c3)cc2)C1. The van der Waals surface area contributed by atoms with Crippen molar-refractivity contribution in [2.75, 3.05) is 26.8 Å². The number of benzene rings is 1. The Morgan fingerprint density at radius 2 is 1.70 bits per heavy atom. The number of likely N-dealkylation sites (tertiary alicyclic amines) is 1. The summed E-state index contributed by atoms with van der Waals surface area (Å²) in [6.07, 6.45) is -7.75. The molecule has 240 valence electrons. The standard InChI is InChI=1S/C31H36F6N4O3/c1-19-27(30(32,33)34)28(31(35,36)37)29(41(19)13-4-14-44-2)23-5-3-12-40(18-23)26(43)16-24(38)15-20-6-8-21(9-7-20)22-10-11-25(42)39-17-22/h6-11,17,23-24H,3-5,12-16,18,38H2,1-2H3,(H,39,42)/t23-,24-/m1/s1. The van der Waals surface area contributed by atoms with Crippen molar-refractivity contribution >= 4 is 5.91 Å². The maximum atomic E-state index is 14.3. The lowest BCUT2D eigenvalue weighted by molar-refractivity contribution is -0.162. The summed E-state index contributed by atoms with van der Waals surface area (Å²) in [7, 11) is 1.41. The molecule has 0 radical (unpaired) electrons. The van der Waals surface area contributed by atoms with E-state index < -0.39 is 46.8 Å². The average molecular weight is 627 g/mol. The number of nitrogens with one attached hydrogen (secondary N) is 1. The van der Waals surface area contributed by atoms with Crippen LogP contribution in [0.5, 0.6) is 0 Å². The third-order valence-electron chi connectivity index (χ3n) is 8.03. The van der Waals surface area contributed by atoms with Crippen molar-refractivity contribution in [3.05, 3.63) is 81.0 Å². The first kappa shape index (κ1) is 33.3. The summed E-state index contributed by atoms with van der Waals surface area (Å²) in [5, 5.41) is 0. The Hall–Kier alpha value is -3.58. The molecule has 0 aliphatic carbocycles. The van der Waals surface area contributed by atoms with Gasteiger partial charge in [0, 0.05) is 75.4 Å². The molecule has 1 aliphatic heterocycles. The Morgan fingerprint density at radius 3 is 2.30 bits per heavy atom. The van der Waals surface area contributed by atoms with Crippen LogP contribution in [0.3, 0.4) is 0 Å². The molecule has 2 atom stereocenters. The van der Waals surface area contributed by atoms with Crippen molar-refractivity contribution in [3.63, 3.8) is 0 Å². The van der Waals surface area contributed by atoms with E-state index in [-0.39, 0.29) is 57.0 Å². The number of aromatic amines is 1. The zero-order chi connectivity index (χ0) is 32.2. The van der Waals surface area contributed by atoms with Gasteiger partial charge in [0.05, 0.1) is 11.1 Å². The smallest absolute Gasteiger partial charge is 0.385 e. The summed E-state index contributed by atoms with van der Waals surface area (Å²) < 4.78 is 91.0. The molecule has 13 heteroatoms. The number of amides is 1. The summed E-state index contributed by atoms with van der Waals surface area (Å²) >= 11 is 0. The first-order valence-corrected chi connectivity index (χ1v) is 14.4. The number of ether oxygens (including phenoxy) is 1.